The molecule has 0 bridgehead atoms. The molecule has 0 rings (SSSR count). The zero-order chi connectivity index (χ0) is 11.1. The zero-order valence-electron chi connectivity index (χ0n) is 10.1. The summed E-state index contributed by atoms with van der Waals surface area (Å²) in [6.07, 6.45) is 4.10. The minimum atomic E-state index is 0.609. The summed E-state index contributed by atoms with van der Waals surface area (Å²) in [6, 6.07) is 0. The van der Waals surface area contributed by atoms with E-state index in [1.54, 1.807) is 0 Å². The molecule has 0 amide bonds. The normalized spacial score (nSPS) is 14.0. The lowest BCUT2D eigenvalue weighted by molar-refractivity contribution is 0.767. The van der Waals surface area contributed by atoms with Crippen LogP contribution in [0.15, 0.2) is 35.6 Å². The molecule has 0 aromatic rings. The lowest BCUT2D eigenvalue weighted by Crippen LogP contribution is -2.11. The Balaban J connectivity index is 4.78. The molecule has 0 fully saturated rings. The summed E-state index contributed by atoms with van der Waals surface area (Å²) in [4.78, 5) is 0. The van der Waals surface area contributed by atoms with Gasteiger partial charge in [0, 0.05) is 12.2 Å². The minimum absolute atomic E-state index is 0.609. The van der Waals surface area contributed by atoms with Gasteiger partial charge in [0.1, 0.15) is 0 Å². The average molecular weight is 193 g/mol. The van der Waals surface area contributed by atoms with Gasteiger partial charge in [0.05, 0.1) is 0 Å². The topological polar surface area (TPSA) is 12.0 Å². The lowest BCUT2D eigenvalue weighted by atomic mass is 10.0. The summed E-state index contributed by atoms with van der Waals surface area (Å²) in [5.41, 5.74) is 3.79. The molecule has 0 saturated heterocycles. The fourth-order valence-electron chi connectivity index (χ4n) is 1.15. The Kier molecular flexibility index (Phi) is 6.02. The first-order valence-corrected chi connectivity index (χ1v) is 5.28. The maximum absolute atomic E-state index is 3.80. The molecule has 0 aromatic heterocycles. The summed E-state index contributed by atoms with van der Waals surface area (Å²) in [6.45, 7) is 15.5. The lowest BCUT2D eigenvalue weighted by Gasteiger charge is -2.09. The van der Waals surface area contributed by atoms with Crippen molar-refractivity contribution < 1.29 is 0 Å². The first-order chi connectivity index (χ1) is 6.52. The van der Waals surface area contributed by atoms with Crippen LogP contribution < -0.4 is 5.32 Å². The van der Waals surface area contributed by atoms with Crippen molar-refractivity contribution in [2.75, 3.05) is 6.54 Å². The van der Waals surface area contributed by atoms with E-state index in [1.165, 1.54) is 11.1 Å². The minimum Gasteiger partial charge on any atom is -0.385 e. The van der Waals surface area contributed by atoms with Gasteiger partial charge in [-0.1, -0.05) is 32.1 Å². The van der Waals surface area contributed by atoms with Crippen molar-refractivity contribution >= 4 is 0 Å². The molecule has 1 heteroatoms. The Morgan fingerprint density at radius 2 is 1.93 bits per heavy atom. The fraction of sp³-hybridized carbons (Fsp3) is 0.538. The number of hydrogen-bond acceptors (Lipinski definition) is 1. The van der Waals surface area contributed by atoms with Crippen molar-refractivity contribution in [2.24, 2.45) is 5.92 Å². The van der Waals surface area contributed by atoms with E-state index in [2.05, 4.69) is 52.6 Å². The Labute approximate surface area is 88.6 Å². The second kappa shape index (κ2) is 6.47. The molecule has 80 valence electrons. The standard InChI is InChI=1S/C13H23N/c1-7-13(14-8-2)12(6)9-11(5)10(3)4/h7,9-10,14H,1,8H2,2-6H3/b11-9+,13-12+. The Morgan fingerprint density at radius 1 is 1.36 bits per heavy atom. The van der Waals surface area contributed by atoms with Gasteiger partial charge in [-0.25, -0.2) is 0 Å². The van der Waals surface area contributed by atoms with Crippen LogP contribution in [0.1, 0.15) is 34.6 Å². The van der Waals surface area contributed by atoms with E-state index in [-0.39, 0.29) is 0 Å². The largest absolute Gasteiger partial charge is 0.385 e. The highest BCUT2D eigenvalue weighted by atomic mass is 14.9. The monoisotopic (exact) mass is 193 g/mol. The van der Waals surface area contributed by atoms with Crippen LogP contribution in [0, 0.1) is 5.92 Å². The van der Waals surface area contributed by atoms with Crippen molar-refractivity contribution in [1.29, 1.82) is 0 Å². The molecule has 0 heterocycles. The fourth-order valence-corrected chi connectivity index (χ4v) is 1.15. The first kappa shape index (κ1) is 13.0. The third-order valence-electron chi connectivity index (χ3n) is 2.35. The second-order valence-corrected chi connectivity index (χ2v) is 3.87. The molecule has 0 saturated carbocycles. The molecule has 0 radical (unpaired) electrons. The quantitative estimate of drug-likeness (QED) is 0.657. The van der Waals surface area contributed by atoms with Crippen molar-refractivity contribution in [3.05, 3.63) is 35.6 Å². The molecule has 0 aliphatic rings. The average Bonchev–Trinajstić information content (AvgIpc) is 2.13. The van der Waals surface area contributed by atoms with Crippen LogP contribution in [0.25, 0.3) is 0 Å². The molecule has 0 spiro atoms. The van der Waals surface area contributed by atoms with Crippen molar-refractivity contribution in [3.8, 4) is 0 Å². The maximum atomic E-state index is 3.80. The predicted molar refractivity (Wildman–Crippen MR) is 65.2 cm³/mol. The van der Waals surface area contributed by atoms with Crippen LogP contribution in [0.4, 0.5) is 0 Å². The van der Waals surface area contributed by atoms with E-state index < -0.39 is 0 Å². The molecule has 0 aromatic carbocycles. The molecular formula is C13H23N. The van der Waals surface area contributed by atoms with Crippen LogP contribution in [0.3, 0.4) is 0 Å². The summed E-state index contributed by atoms with van der Waals surface area (Å²) in [7, 11) is 0. The molecule has 0 aliphatic carbocycles. The van der Waals surface area contributed by atoms with Crippen molar-refractivity contribution in [3.63, 3.8) is 0 Å². The van der Waals surface area contributed by atoms with Gasteiger partial charge in [-0.05, 0) is 38.3 Å². The highest BCUT2D eigenvalue weighted by Gasteiger charge is 1.98. The molecular weight excluding hydrogens is 170 g/mol. The summed E-state index contributed by atoms with van der Waals surface area (Å²) in [5.74, 6) is 0.609. The third kappa shape index (κ3) is 4.31. The smallest absolute Gasteiger partial charge is 0.0363 e. The molecule has 0 aliphatic heterocycles. The third-order valence-corrected chi connectivity index (χ3v) is 2.35. The Hall–Kier alpha value is -0.980. The second-order valence-electron chi connectivity index (χ2n) is 3.87. The van der Waals surface area contributed by atoms with E-state index in [9.17, 15) is 0 Å². The van der Waals surface area contributed by atoms with E-state index in [1.807, 2.05) is 6.08 Å². The SMILES string of the molecule is C=C/C(NCC)=C(C)\C=C(/C)C(C)C. The van der Waals surface area contributed by atoms with E-state index in [4.69, 9.17) is 0 Å². The molecule has 1 nitrogen and oxygen atoms in total. The summed E-state index contributed by atoms with van der Waals surface area (Å²) in [5, 5.41) is 3.29. The van der Waals surface area contributed by atoms with Gasteiger partial charge in [0.15, 0.2) is 0 Å². The number of hydrogen-bond donors (Lipinski definition) is 1. The van der Waals surface area contributed by atoms with Gasteiger partial charge in [-0.3, -0.25) is 0 Å². The molecule has 0 atom stereocenters. The van der Waals surface area contributed by atoms with Crippen LogP contribution in [0.2, 0.25) is 0 Å². The van der Waals surface area contributed by atoms with Gasteiger partial charge >= 0.3 is 0 Å². The van der Waals surface area contributed by atoms with Crippen LogP contribution in [-0.4, -0.2) is 6.54 Å². The Bertz CT molecular complexity index is 244. The Morgan fingerprint density at radius 3 is 2.29 bits per heavy atom. The summed E-state index contributed by atoms with van der Waals surface area (Å²) < 4.78 is 0. The van der Waals surface area contributed by atoms with Gasteiger partial charge in [0.2, 0.25) is 0 Å². The number of rotatable bonds is 5. The van der Waals surface area contributed by atoms with Gasteiger partial charge < -0.3 is 5.32 Å². The first-order valence-electron chi connectivity index (χ1n) is 5.28. The summed E-state index contributed by atoms with van der Waals surface area (Å²) >= 11 is 0. The van der Waals surface area contributed by atoms with Gasteiger partial charge in [0.25, 0.3) is 0 Å². The van der Waals surface area contributed by atoms with Crippen molar-refractivity contribution in [1.82, 2.24) is 5.32 Å². The van der Waals surface area contributed by atoms with Crippen LogP contribution in [-0.2, 0) is 0 Å². The highest BCUT2D eigenvalue weighted by Crippen LogP contribution is 2.13. The van der Waals surface area contributed by atoms with Gasteiger partial charge in [-0.2, -0.15) is 0 Å². The van der Waals surface area contributed by atoms with E-state index in [0.717, 1.165) is 12.2 Å². The molecule has 14 heavy (non-hydrogen) atoms. The van der Waals surface area contributed by atoms with Crippen LogP contribution >= 0.6 is 0 Å². The number of likely N-dealkylation sites (N-methyl/N-ethyl adjacent to an activating group) is 1. The number of allylic oxidation sites excluding steroid dienone is 4. The molecule has 1 N–H and O–H groups in total. The van der Waals surface area contributed by atoms with Gasteiger partial charge in [-0.15, -0.1) is 0 Å². The van der Waals surface area contributed by atoms with E-state index in [0.29, 0.717) is 5.92 Å². The van der Waals surface area contributed by atoms with Crippen molar-refractivity contribution in [2.45, 2.75) is 34.6 Å². The number of nitrogens with one attached hydrogen (secondary N) is 1. The zero-order valence-corrected chi connectivity index (χ0v) is 10.1. The predicted octanol–water partition coefficient (Wildman–Crippen LogP) is 3.66. The van der Waals surface area contributed by atoms with Crippen LogP contribution in [0.5, 0.6) is 0 Å². The molecule has 0 unspecified atom stereocenters. The highest BCUT2D eigenvalue weighted by molar-refractivity contribution is 5.31. The maximum Gasteiger partial charge on any atom is 0.0363 e. The van der Waals surface area contributed by atoms with E-state index >= 15 is 0 Å².